The number of aromatic nitrogens is 2. The number of aromatic amines is 1. The molecule has 5 nitrogen and oxygen atoms in total. The third-order valence-corrected chi connectivity index (χ3v) is 7.59. The number of carbonyl (C=O) groups excluding carboxylic acids is 1. The summed E-state index contributed by atoms with van der Waals surface area (Å²) in [6.45, 7) is 3.94. The lowest BCUT2D eigenvalue weighted by atomic mass is 9.79. The normalized spacial score (nSPS) is 15.8. The van der Waals surface area contributed by atoms with Crippen LogP contribution in [0.1, 0.15) is 61.3 Å². The van der Waals surface area contributed by atoms with Crippen molar-refractivity contribution in [2.75, 3.05) is 5.32 Å². The second-order valence-corrected chi connectivity index (χ2v) is 10.0. The highest BCUT2D eigenvalue weighted by Crippen LogP contribution is 2.38. The molecule has 2 N–H and O–H groups in total. The van der Waals surface area contributed by atoms with Gasteiger partial charge < -0.3 is 10.3 Å². The topological polar surface area (TPSA) is 74.8 Å². The highest BCUT2D eigenvalue weighted by molar-refractivity contribution is 7.14. The smallest absolute Gasteiger partial charge is 0.252 e. The Morgan fingerprint density at radius 3 is 2.70 bits per heavy atom. The number of carbonyl (C=O) groups is 1. The van der Waals surface area contributed by atoms with E-state index in [1.807, 2.05) is 25.3 Å². The molecule has 30 heavy (non-hydrogen) atoms. The molecule has 3 aromatic rings. The highest BCUT2D eigenvalue weighted by Gasteiger charge is 2.31. The van der Waals surface area contributed by atoms with Gasteiger partial charge in [0.1, 0.15) is 0 Å². The van der Waals surface area contributed by atoms with Crippen molar-refractivity contribution in [2.45, 2.75) is 58.3 Å². The van der Waals surface area contributed by atoms with Gasteiger partial charge in [0.15, 0.2) is 5.13 Å². The number of pyridine rings is 1. The predicted molar refractivity (Wildman–Crippen MR) is 125 cm³/mol. The summed E-state index contributed by atoms with van der Waals surface area (Å²) < 4.78 is 0. The predicted octanol–water partition coefficient (Wildman–Crippen LogP) is 5.87. The van der Waals surface area contributed by atoms with E-state index in [9.17, 15) is 9.59 Å². The number of hydrogen-bond acceptors (Lipinski definition) is 5. The van der Waals surface area contributed by atoms with Gasteiger partial charge in [-0.15, -0.1) is 22.7 Å². The van der Waals surface area contributed by atoms with Crippen molar-refractivity contribution in [3.8, 4) is 10.4 Å². The summed E-state index contributed by atoms with van der Waals surface area (Å²) in [4.78, 5) is 34.8. The molecule has 1 fully saturated rings. The Morgan fingerprint density at radius 1 is 1.23 bits per heavy atom. The molecule has 0 saturated heterocycles. The zero-order valence-electron chi connectivity index (χ0n) is 17.4. The Morgan fingerprint density at radius 2 is 2.03 bits per heavy atom. The Hall–Kier alpha value is -2.25. The lowest BCUT2D eigenvalue weighted by molar-refractivity contribution is -0.118. The summed E-state index contributed by atoms with van der Waals surface area (Å²) in [5, 5.41) is 7.45. The quantitative estimate of drug-likeness (QED) is 0.502. The first-order valence-corrected chi connectivity index (χ1v) is 12.3. The molecular formula is C23H27N3O2S2. The van der Waals surface area contributed by atoms with Gasteiger partial charge in [-0.2, -0.15) is 0 Å². The number of thiazole rings is 1. The molecule has 0 bridgehead atoms. The first kappa shape index (κ1) is 21.0. The number of nitrogens with zero attached hydrogens (tertiary/aromatic N) is 1. The molecule has 1 atom stereocenters. The van der Waals surface area contributed by atoms with Gasteiger partial charge >= 0.3 is 0 Å². The maximum atomic E-state index is 13.4. The molecule has 1 saturated carbocycles. The fraction of sp³-hybridized carbons (Fsp3) is 0.435. The average Bonchev–Trinajstić information content (AvgIpc) is 3.38. The molecule has 0 radical (unpaired) electrons. The van der Waals surface area contributed by atoms with Crippen LogP contribution >= 0.6 is 22.7 Å². The standard InChI is InChI=1S/C23H27N3O2S2/c1-14-10-19(30-13-14)17-11-15(2)25-22(28)20(17)18(12-16-6-4-3-5-7-16)21(27)26-23-24-8-9-29-23/h8-11,13,16,18H,3-7,12H2,1-2H3,(H,25,28)(H,24,26,27)/t18-/m0/s1. The van der Waals surface area contributed by atoms with Gasteiger partial charge in [0, 0.05) is 33.3 Å². The van der Waals surface area contributed by atoms with E-state index in [0.29, 0.717) is 23.0 Å². The average molecular weight is 442 g/mol. The zero-order chi connectivity index (χ0) is 21.1. The molecule has 1 aliphatic rings. The zero-order valence-corrected chi connectivity index (χ0v) is 19.0. The van der Waals surface area contributed by atoms with Crippen molar-refractivity contribution >= 4 is 33.7 Å². The van der Waals surface area contributed by atoms with Gasteiger partial charge in [0.05, 0.1) is 5.92 Å². The van der Waals surface area contributed by atoms with Gasteiger partial charge in [-0.3, -0.25) is 9.59 Å². The summed E-state index contributed by atoms with van der Waals surface area (Å²) in [7, 11) is 0. The van der Waals surface area contributed by atoms with E-state index >= 15 is 0 Å². The molecule has 0 unspecified atom stereocenters. The number of anilines is 1. The van der Waals surface area contributed by atoms with Crippen molar-refractivity contribution in [1.82, 2.24) is 9.97 Å². The van der Waals surface area contributed by atoms with Crippen LogP contribution in [0.25, 0.3) is 10.4 Å². The summed E-state index contributed by atoms with van der Waals surface area (Å²) >= 11 is 3.01. The molecule has 3 heterocycles. The number of nitrogens with one attached hydrogen (secondary N) is 2. The number of H-pyrrole nitrogens is 1. The third-order valence-electron chi connectivity index (χ3n) is 5.82. The second-order valence-electron chi connectivity index (χ2n) is 8.22. The van der Waals surface area contributed by atoms with Gasteiger partial charge in [-0.25, -0.2) is 4.98 Å². The van der Waals surface area contributed by atoms with Gasteiger partial charge in [0.2, 0.25) is 5.91 Å². The SMILES string of the molecule is Cc1csc(-c2cc(C)[nH]c(=O)c2[C@H](CC2CCCCC2)C(=O)Nc2nccs2)c1. The first-order chi connectivity index (χ1) is 14.5. The minimum atomic E-state index is -0.501. The Bertz CT molecular complexity index is 1060. The van der Waals surface area contributed by atoms with E-state index in [4.69, 9.17) is 0 Å². The largest absolute Gasteiger partial charge is 0.326 e. The summed E-state index contributed by atoms with van der Waals surface area (Å²) in [5.74, 6) is -0.178. The number of aryl methyl sites for hydroxylation is 2. The van der Waals surface area contributed by atoms with Crippen molar-refractivity contribution in [1.29, 1.82) is 0 Å². The molecule has 158 valence electrons. The lowest BCUT2D eigenvalue weighted by Gasteiger charge is -2.26. The van der Waals surface area contributed by atoms with Crippen LogP contribution in [0, 0.1) is 19.8 Å². The van der Waals surface area contributed by atoms with Crippen LogP contribution in [0.2, 0.25) is 0 Å². The van der Waals surface area contributed by atoms with Crippen LogP contribution in [0.15, 0.2) is 33.9 Å². The highest BCUT2D eigenvalue weighted by atomic mass is 32.1. The monoisotopic (exact) mass is 441 g/mol. The minimum Gasteiger partial charge on any atom is -0.326 e. The van der Waals surface area contributed by atoms with Crippen molar-refractivity contribution < 1.29 is 4.79 Å². The molecule has 3 aromatic heterocycles. The lowest BCUT2D eigenvalue weighted by Crippen LogP contribution is -2.30. The van der Waals surface area contributed by atoms with E-state index < -0.39 is 5.92 Å². The fourth-order valence-corrected chi connectivity index (χ4v) is 5.87. The number of hydrogen-bond donors (Lipinski definition) is 2. The van der Waals surface area contributed by atoms with Crippen molar-refractivity contribution in [3.05, 3.63) is 56.3 Å². The van der Waals surface area contributed by atoms with E-state index in [0.717, 1.165) is 34.5 Å². The Labute approximate surface area is 184 Å². The second kappa shape index (κ2) is 9.27. The number of rotatable bonds is 6. The molecule has 7 heteroatoms. The van der Waals surface area contributed by atoms with E-state index in [2.05, 4.69) is 26.7 Å². The van der Waals surface area contributed by atoms with E-state index in [1.54, 1.807) is 17.5 Å². The van der Waals surface area contributed by atoms with Crippen LogP contribution < -0.4 is 10.9 Å². The first-order valence-electron chi connectivity index (χ1n) is 10.5. The minimum absolute atomic E-state index is 0.139. The summed E-state index contributed by atoms with van der Waals surface area (Å²) in [6.07, 6.45) is 8.28. The fourth-order valence-electron chi connectivity index (χ4n) is 4.41. The van der Waals surface area contributed by atoms with Crippen molar-refractivity contribution in [2.24, 2.45) is 5.92 Å². The Balaban J connectivity index is 1.77. The maximum absolute atomic E-state index is 13.4. The van der Waals surface area contributed by atoms with Crippen LogP contribution in [0.3, 0.4) is 0 Å². The van der Waals surface area contributed by atoms with Gasteiger partial charge in [-0.1, -0.05) is 32.1 Å². The molecule has 0 aromatic carbocycles. The molecule has 0 aliphatic heterocycles. The molecule has 4 rings (SSSR count). The summed E-state index contributed by atoms with van der Waals surface area (Å²) in [6, 6.07) is 4.10. The van der Waals surface area contributed by atoms with E-state index in [-0.39, 0.29) is 11.5 Å². The van der Waals surface area contributed by atoms with Gasteiger partial charge in [0.25, 0.3) is 5.56 Å². The van der Waals surface area contributed by atoms with Crippen LogP contribution in [0.5, 0.6) is 0 Å². The Kier molecular flexibility index (Phi) is 6.49. The number of amides is 1. The molecular weight excluding hydrogens is 414 g/mol. The van der Waals surface area contributed by atoms with Gasteiger partial charge in [-0.05, 0) is 49.3 Å². The van der Waals surface area contributed by atoms with Crippen LogP contribution in [-0.2, 0) is 4.79 Å². The number of thiophene rings is 1. The maximum Gasteiger partial charge on any atom is 0.252 e. The van der Waals surface area contributed by atoms with Crippen molar-refractivity contribution in [3.63, 3.8) is 0 Å². The van der Waals surface area contributed by atoms with E-state index in [1.165, 1.54) is 30.6 Å². The molecule has 1 aliphatic carbocycles. The van der Waals surface area contributed by atoms with Crippen LogP contribution in [-0.4, -0.2) is 15.9 Å². The molecule has 1 amide bonds. The third kappa shape index (κ3) is 4.73. The molecule has 0 spiro atoms. The summed E-state index contributed by atoms with van der Waals surface area (Å²) in [5.41, 5.74) is 3.27. The van der Waals surface area contributed by atoms with Crippen LogP contribution in [0.4, 0.5) is 5.13 Å².